The van der Waals surface area contributed by atoms with E-state index in [0.717, 1.165) is 25.7 Å². The van der Waals surface area contributed by atoms with Crippen molar-refractivity contribution in [2.45, 2.75) is 18.7 Å². The van der Waals surface area contributed by atoms with Crippen LogP contribution in [0, 0.1) is 18.6 Å². The average molecular weight is 297 g/mol. The van der Waals surface area contributed by atoms with Gasteiger partial charge in [-0.2, -0.15) is 0 Å². The van der Waals surface area contributed by atoms with Crippen LogP contribution in [0.15, 0.2) is 12.1 Å². The number of hydrogen-bond acceptors (Lipinski definition) is 4. The quantitative estimate of drug-likeness (QED) is 0.841. The third-order valence-electron chi connectivity index (χ3n) is 4.48. The number of nitrogens with two attached hydrogens (primary N) is 1. The highest BCUT2D eigenvalue weighted by atomic mass is 19.1. The van der Waals surface area contributed by atoms with Gasteiger partial charge in [-0.05, 0) is 25.6 Å². The predicted octanol–water partition coefficient (Wildman–Crippen LogP) is 1.03. The van der Waals surface area contributed by atoms with Crippen molar-refractivity contribution in [1.82, 2.24) is 9.80 Å². The van der Waals surface area contributed by atoms with Gasteiger partial charge < -0.3 is 9.64 Å². The lowest BCUT2D eigenvalue weighted by atomic mass is 9.96. The fraction of sp³-hybridized carbons (Fsp3) is 0.600. The molecule has 1 aromatic rings. The van der Waals surface area contributed by atoms with Crippen molar-refractivity contribution in [2.75, 3.05) is 39.8 Å². The molecular weight excluding hydrogens is 276 g/mol. The fourth-order valence-electron chi connectivity index (χ4n) is 3.15. The average Bonchev–Trinajstić information content (AvgIpc) is 2.43. The molecule has 3 rings (SSSR count). The van der Waals surface area contributed by atoms with Gasteiger partial charge in [0, 0.05) is 43.9 Å². The number of ether oxygens (including phenoxy) is 1. The second kappa shape index (κ2) is 5.28. The van der Waals surface area contributed by atoms with Crippen molar-refractivity contribution >= 4 is 0 Å². The first kappa shape index (κ1) is 14.8. The van der Waals surface area contributed by atoms with E-state index in [2.05, 4.69) is 16.8 Å². The van der Waals surface area contributed by atoms with Gasteiger partial charge in [0.1, 0.15) is 11.6 Å². The van der Waals surface area contributed by atoms with Crippen LogP contribution >= 0.6 is 0 Å². The molecule has 0 saturated carbocycles. The maximum Gasteiger partial charge on any atom is 0.158 e. The Morgan fingerprint density at radius 1 is 1.29 bits per heavy atom. The fourth-order valence-corrected chi connectivity index (χ4v) is 3.15. The third-order valence-corrected chi connectivity index (χ3v) is 4.48. The normalized spacial score (nSPS) is 31.2. The third kappa shape index (κ3) is 2.68. The second-order valence-corrected chi connectivity index (χ2v) is 6.17. The molecule has 0 aliphatic carbocycles. The molecule has 2 aliphatic rings. The number of piperazine rings is 1. The predicted molar refractivity (Wildman–Crippen MR) is 75.8 cm³/mol. The Labute approximate surface area is 123 Å². The Balaban J connectivity index is 1.87. The van der Waals surface area contributed by atoms with Crippen molar-refractivity contribution in [3.05, 3.63) is 34.9 Å². The highest BCUT2D eigenvalue weighted by molar-refractivity contribution is 5.30. The summed E-state index contributed by atoms with van der Waals surface area (Å²) in [5, 5.41) is 0. The number of benzene rings is 1. The molecule has 4 nitrogen and oxygen atoms in total. The van der Waals surface area contributed by atoms with Crippen LogP contribution in [0.4, 0.5) is 8.78 Å². The number of nitrogens with zero attached hydrogens (tertiary/aromatic N) is 2. The van der Waals surface area contributed by atoms with Crippen molar-refractivity contribution < 1.29 is 13.5 Å². The van der Waals surface area contributed by atoms with Crippen LogP contribution in [-0.2, 0) is 10.5 Å². The minimum atomic E-state index is -1.21. The van der Waals surface area contributed by atoms with Crippen molar-refractivity contribution in [1.29, 1.82) is 0 Å². The van der Waals surface area contributed by atoms with E-state index in [1.165, 1.54) is 6.07 Å². The van der Waals surface area contributed by atoms with Gasteiger partial charge in [-0.3, -0.25) is 10.6 Å². The van der Waals surface area contributed by atoms with Crippen molar-refractivity contribution in [2.24, 2.45) is 5.73 Å². The van der Waals surface area contributed by atoms with Gasteiger partial charge in [-0.15, -0.1) is 0 Å². The van der Waals surface area contributed by atoms with Gasteiger partial charge in [-0.1, -0.05) is 0 Å². The maximum absolute atomic E-state index is 14.1. The lowest BCUT2D eigenvalue weighted by Gasteiger charge is -2.49. The summed E-state index contributed by atoms with van der Waals surface area (Å²) < 4.78 is 33.3. The molecule has 0 aromatic heterocycles. The van der Waals surface area contributed by atoms with Gasteiger partial charge in [0.05, 0.1) is 6.61 Å². The first-order valence-electron chi connectivity index (χ1n) is 7.20. The maximum atomic E-state index is 14.1. The Hall–Kier alpha value is -1.08. The first-order chi connectivity index (χ1) is 9.89. The molecule has 0 amide bonds. The van der Waals surface area contributed by atoms with E-state index in [0.29, 0.717) is 18.7 Å². The van der Waals surface area contributed by atoms with Gasteiger partial charge in [0.15, 0.2) is 5.72 Å². The number of fused-ring (bicyclic) bond motifs is 1. The molecule has 2 fully saturated rings. The summed E-state index contributed by atoms with van der Waals surface area (Å²) in [6.45, 7) is 5.23. The Kier molecular flexibility index (Phi) is 3.73. The largest absolute Gasteiger partial charge is 0.353 e. The summed E-state index contributed by atoms with van der Waals surface area (Å²) >= 11 is 0. The smallest absolute Gasteiger partial charge is 0.158 e. The molecule has 2 unspecified atom stereocenters. The lowest BCUT2D eigenvalue weighted by Crippen LogP contribution is -2.64. The Bertz CT molecular complexity index is 554. The highest BCUT2D eigenvalue weighted by Gasteiger charge is 2.42. The molecule has 1 aromatic carbocycles. The molecule has 2 N–H and O–H groups in total. The van der Waals surface area contributed by atoms with E-state index in [-0.39, 0.29) is 11.6 Å². The van der Waals surface area contributed by atoms with Crippen LogP contribution in [0.5, 0.6) is 0 Å². The zero-order valence-corrected chi connectivity index (χ0v) is 12.4. The Morgan fingerprint density at radius 3 is 2.81 bits per heavy atom. The SMILES string of the molecule is Cc1cc(C2(N)CN3CCN(C)CC3CO2)c(F)cc1F. The van der Waals surface area contributed by atoms with Crippen LogP contribution in [0.3, 0.4) is 0 Å². The second-order valence-electron chi connectivity index (χ2n) is 6.17. The van der Waals surface area contributed by atoms with Gasteiger partial charge >= 0.3 is 0 Å². The van der Waals surface area contributed by atoms with E-state index in [1.807, 2.05) is 0 Å². The minimum absolute atomic E-state index is 0.235. The Morgan fingerprint density at radius 2 is 2.05 bits per heavy atom. The molecule has 21 heavy (non-hydrogen) atoms. The highest BCUT2D eigenvalue weighted by Crippen LogP contribution is 2.31. The number of hydrogen-bond donors (Lipinski definition) is 1. The molecule has 2 heterocycles. The summed E-state index contributed by atoms with van der Waals surface area (Å²) in [5.41, 5.74) is 5.70. The monoisotopic (exact) mass is 297 g/mol. The molecule has 2 saturated heterocycles. The summed E-state index contributed by atoms with van der Waals surface area (Å²) in [7, 11) is 2.07. The van der Waals surface area contributed by atoms with Crippen LogP contribution in [0.2, 0.25) is 0 Å². The zero-order chi connectivity index (χ0) is 15.2. The molecule has 6 heteroatoms. The van der Waals surface area contributed by atoms with E-state index in [1.54, 1.807) is 6.92 Å². The van der Waals surface area contributed by atoms with E-state index in [4.69, 9.17) is 10.5 Å². The van der Waals surface area contributed by atoms with Crippen LogP contribution in [0.25, 0.3) is 0 Å². The minimum Gasteiger partial charge on any atom is -0.353 e. The number of aryl methyl sites for hydroxylation is 1. The molecule has 2 aliphatic heterocycles. The van der Waals surface area contributed by atoms with Gasteiger partial charge in [0.2, 0.25) is 0 Å². The zero-order valence-electron chi connectivity index (χ0n) is 12.4. The van der Waals surface area contributed by atoms with Crippen LogP contribution in [-0.4, -0.2) is 55.7 Å². The number of morpholine rings is 1. The van der Waals surface area contributed by atoms with Crippen molar-refractivity contribution in [3.8, 4) is 0 Å². The molecule has 0 spiro atoms. The molecule has 116 valence electrons. The molecule has 0 radical (unpaired) electrons. The number of halogens is 2. The summed E-state index contributed by atoms with van der Waals surface area (Å²) in [4.78, 5) is 4.48. The number of rotatable bonds is 1. The first-order valence-corrected chi connectivity index (χ1v) is 7.20. The summed E-state index contributed by atoms with van der Waals surface area (Å²) in [6.07, 6.45) is 0. The van der Waals surface area contributed by atoms with E-state index < -0.39 is 17.4 Å². The van der Waals surface area contributed by atoms with Gasteiger partial charge in [0.25, 0.3) is 0 Å². The molecule has 2 atom stereocenters. The molecule has 0 bridgehead atoms. The van der Waals surface area contributed by atoms with Gasteiger partial charge in [-0.25, -0.2) is 8.78 Å². The van der Waals surface area contributed by atoms with E-state index in [9.17, 15) is 8.78 Å². The topological polar surface area (TPSA) is 41.7 Å². The van der Waals surface area contributed by atoms with Crippen LogP contribution < -0.4 is 5.73 Å². The lowest BCUT2D eigenvalue weighted by molar-refractivity contribution is -0.151. The molecular formula is C15H21F2N3O. The van der Waals surface area contributed by atoms with E-state index >= 15 is 0 Å². The summed E-state index contributed by atoms with van der Waals surface area (Å²) in [5.74, 6) is -1.21. The summed E-state index contributed by atoms with van der Waals surface area (Å²) in [6, 6.07) is 2.63. The standard InChI is InChI=1S/C15H21F2N3O/c1-10-5-12(14(17)6-13(10)16)15(18)9-20-4-3-19(2)7-11(20)8-21-15/h5-6,11H,3-4,7-9,18H2,1-2H3. The van der Waals surface area contributed by atoms with Crippen molar-refractivity contribution in [3.63, 3.8) is 0 Å². The number of likely N-dealkylation sites (N-methyl/N-ethyl adjacent to an activating group) is 1. The van der Waals surface area contributed by atoms with Crippen LogP contribution in [0.1, 0.15) is 11.1 Å².